The van der Waals surface area contributed by atoms with E-state index in [-0.39, 0.29) is 11.7 Å². The maximum absolute atomic E-state index is 15.3. The van der Waals surface area contributed by atoms with Gasteiger partial charge in [0.05, 0.1) is 5.41 Å². The van der Waals surface area contributed by atoms with Crippen molar-refractivity contribution in [3.8, 4) is 12.3 Å². The van der Waals surface area contributed by atoms with Gasteiger partial charge in [-0.05, 0) is 34.9 Å². The molecule has 4 rings (SSSR count). The average Bonchev–Trinajstić information content (AvgIpc) is 2.80. The summed E-state index contributed by atoms with van der Waals surface area (Å²) in [6, 6.07) is 32.2. The zero-order valence-corrected chi connectivity index (χ0v) is 16.3. The van der Waals surface area contributed by atoms with Crippen LogP contribution in [0, 0.1) is 24.0 Å². The first-order valence-corrected chi connectivity index (χ1v) is 9.75. The molecule has 0 amide bonds. The van der Waals surface area contributed by atoms with Gasteiger partial charge in [0, 0.05) is 11.5 Å². The molecule has 1 atom stereocenters. The van der Waals surface area contributed by atoms with Crippen LogP contribution in [0.4, 0.5) is 8.78 Å². The van der Waals surface area contributed by atoms with E-state index in [1.165, 1.54) is 18.2 Å². The maximum atomic E-state index is 15.3. The Morgan fingerprint density at radius 1 is 0.633 bits per heavy atom. The molecule has 0 fully saturated rings. The van der Waals surface area contributed by atoms with Crippen molar-refractivity contribution in [2.24, 2.45) is 0 Å². The first-order valence-electron chi connectivity index (χ1n) is 9.75. The molecule has 0 bridgehead atoms. The molecule has 0 aliphatic heterocycles. The van der Waals surface area contributed by atoms with Gasteiger partial charge in [-0.15, -0.1) is 6.42 Å². The number of hydrogen-bond donors (Lipinski definition) is 0. The van der Waals surface area contributed by atoms with Crippen molar-refractivity contribution >= 4 is 0 Å². The minimum Gasteiger partial charge on any atom is -0.207 e. The molecule has 0 aliphatic carbocycles. The molecule has 0 aliphatic rings. The van der Waals surface area contributed by atoms with Gasteiger partial charge in [0.25, 0.3) is 0 Å². The number of benzene rings is 4. The third-order valence-corrected chi connectivity index (χ3v) is 5.52. The van der Waals surface area contributed by atoms with Crippen molar-refractivity contribution in [2.75, 3.05) is 0 Å². The molecule has 0 nitrogen and oxygen atoms in total. The summed E-state index contributed by atoms with van der Waals surface area (Å²) in [6.45, 7) is 0. The second-order valence-corrected chi connectivity index (χ2v) is 7.19. The summed E-state index contributed by atoms with van der Waals surface area (Å²) in [4.78, 5) is 0. The van der Waals surface area contributed by atoms with E-state index in [0.29, 0.717) is 11.1 Å². The summed E-state index contributed by atoms with van der Waals surface area (Å²) in [7, 11) is 0. The first-order chi connectivity index (χ1) is 14.7. The lowest BCUT2D eigenvalue weighted by Gasteiger charge is -2.39. The zero-order chi connectivity index (χ0) is 21.0. The minimum atomic E-state index is -1.18. The summed E-state index contributed by atoms with van der Waals surface area (Å²) in [6.07, 6.45) is 6.24. The number of halogens is 2. The van der Waals surface area contributed by atoms with Crippen LogP contribution < -0.4 is 0 Å². The van der Waals surface area contributed by atoms with E-state index in [4.69, 9.17) is 6.42 Å². The molecule has 4 aromatic carbocycles. The van der Waals surface area contributed by atoms with Gasteiger partial charge >= 0.3 is 0 Å². The van der Waals surface area contributed by atoms with Gasteiger partial charge < -0.3 is 0 Å². The van der Waals surface area contributed by atoms with Crippen LogP contribution in [0.3, 0.4) is 0 Å². The van der Waals surface area contributed by atoms with Crippen molar-refractivity contribution in [1.82, 2.24) is 0 Å². The van der Waals surface area contributed by atoms with Crippen LogP contribution in [-0.2, 0) is 5.41 Å². The van der Waals surface area contributed by atoms with Gasteiger partial charge in [0.2, 0.25) is 0 Å². The Labute approximate surface area is 175 Å². The van der Waals surface area contributed by atoms with Crippen molar-refractivity contribution in [2.45, 2.75) is 11.3 Å². The molecule has 2 heteroatoms. The van der Waals surface area contributed by atoms with E-state index in [1.54, 1.807) is 30.3 Å². The quantitative estimate of drug-likeness (QED) is 0.330. The van der Waals surface area contributed by atoms with Crippen molar-refractivity contribution < 1.29 is 8.78 Å². The van der Waals surface area contributed by atoms with Gasteiger partial charge in [-0.3, -0.25) is 0 Å². The van der Waals surface area contributed by atoms with E-state index in [1.807, 2.05) is 60.7 Å². The maximum Gasteiger partial charge on any atom is 0.128 e. The third-order valence-electron chi connectivity index (χ3n) is 5.52. The first kappa shape index (κ1) is 19.6. The Balaban J connectivity index is 2.11. The number of hydrogen-bond acceptors (Lipinski definition) is 0. The second-order valence-electron chi connectivity index (χ2n) is 7.19. The number of terminal acetylenes is 1. The van der Waals surface area contributed by atoms with Gasteiger partial charge in [0.1, 0.15) is 11.6 Å². The Morgan fingerprint density at radius 2 is 1.13 bits per heavy atom. The van der Waals surface area contributed by atoms with Gasteiger partial charge in [0.15, 0.2) is 0 Å². The van der Waals surface area contributed by atoms with Crippen molar-refractivity contribution in [3.63, 3.8) is 0 Å². The van der Waals surface area contributed by atoms with Gasteiger partial charge in [-0.25, -0.2) is 8.78 Å². The molecule has 0 spiro atoms. The molecule has 4 aromatic rings. The van der Waals surface area contributed by atoms with E-state index >= 15 is 4.39 Å². The largest absolute Gasteiger partial charge is 0.207 e. The highest BCUT2D eigenvalue weighted by Crippen LogP contribution is 2.48. The Bertz CT molecular complexity index is 1120. The van der Waals surface area contributed by atoms with E-state index in [9.17, 15) is 4.39 Å². The van der Waals surface area contributed by atoms with Gasteiger partial charge in [-0.2, -0.15) is 0 Å². The highest BCUT2D eigenvalue weighted by Gasteiger charge is 2.44. The molecular weight excluding hydrogens is 374 g/mol. The number of rotatable bonds is 5. The molecule has 0 radical (unpaired) electrons. The predicted octanol–water partition coefficient (Wildman–Crippen LogP) is 6.72. The minimum absolute atomic E-state index is 0.367. The fourth-order valence-electron chi connectivity index (χ4n) is 4.20. The molecule has 0 N–H and O–H groups in total. The SMILES string of the molecule is C#CC(c1ccc(F)cc1)(c1ccccc1F)C(c1ccccc1)c1ccccc1. The smallest absolute Gasteiger partial charge is 0.128 e. The van der Waals surface area contributed by atoms with Gasteiger partial charge in [-0.1, -0.05) is 96.9 Å². The Morgan fingerprint density at radius 3 is 1.63 bits per heavy atom. The highest BCUT2D eigenvalue weighted by molar-refractivity contribution is 5.56. The summed E-state index contributed by atoms with van der Waals surface area (Å²) in [5, 5.41) is 0. The molecule has 0 heterocycles. The molecule has 0 saturated carbocycles. The normalized spacial score (nSPS) is 12.9. The van der Waals surface area contributed by atoms with Crippen molar-refractivity contribution in [3.05, 3.63) is 143 Å². The highest BCUT2D eigenvalue weighted by atomic mass is 19.1. The van der Waals surface area contributed by atoms with Crippen LogP contribution in [0.5, 0.6) is 0 Å². The lowest BCUT2D eigenvalue weighted by atomic mass is 9.62. The van der Waals surface area contributed by atoms with Crippen LogP contribution in [0.1, 0.15) is 28.2 Å². The summed E-state index contributed by atoms with van der Waals surface area (Å²) in [5.41, 5.74) is 1.77. The summed E-state index contributed by atoms with van der Waals surface area (Å²) < 4.78 is 29.0. The summed E-state index contributed by atoms with van der Waals surface area (Å²) in [5.74, 6) is 1.80. The fraction of sp³-hybridized carbons (Fsp3) is 0.0714. The van der Waals surface area contributed by atoms with Crippen LogP contribution in [0.2, 0.25) is 0 Å². The van der Waals surface area contributed by atoms with Crippen LogP contribution in [-0.4, -0.2) is 0 Å². The van der Waals surface area contributed by atoms with Crippen molar-refractivity contribution in [1.29, 1.82) is 0 Å². The zero-order valence-electron chi connectivity index (χ0n) is 16.3. The monoisotopic (exact) mass is 394 g/mol. The molecule has 0 aromatic heterocycles. The topological polar surface area (TPSA) is 0 Å². The molecule has 146 valence electrons. The summed E-state index contributed by atoms with van der Waals surface area (Å²) >= 11 is 0. The lowest BCUT2D eigenvalue weighted by Crippen LogP contribution is -2.35. The third kappa shape index (κ3) is 3.40. The lowest BCUT2D eigenvalue weighted by molar-refractivity contribution is 0.522. The molecule has 1 unspecified atom stereocenters. The average molecular weight is 394 g/mol. The molecular formula is C28H20F2. The predicted molar refractivity (Wildman–Crippen MR) is 117 cm³/mol. The van der Waals surface area contributed by atoms with E-state index in [0.717, 1.165) is 11.1 Å². The van der Waals surface area contributed by atoms with Crippen LogP contribution in [0.15, 0.2) is 109 Å². The Hall–Kier alpha value is -3.70. The Kier molecular flexibility index (Phi) is 5.46. The fourth-order valence-corrected chi connectivity index (χ4v) is 4.20. The van der Waals surface area contributed by atoms with Crippen LogP contribution in [0.25, 0.3) is 0 Å². The molecule has 30 heavy (non-hydrogen) atoms. The molecule has 0 saturated heterocycles. The van der Waals surface area contributed by atoms with E-state index in [2.05, 4.69) is 5.92 Å². The second kappa shape index (κ2) is 8.35. The van der Waals surface area contributed by atoms with E-state index < -0.39 is 11.2 Å². The van der Waals surface area contributed by atoms with Crippen LogP contribution >= 0.6 is 0 Å². The standard InChI is InChI=1S/C28H20F2/c1-2-28(23-17-19-24(29)20-18-23,25-15-9-10-16-26(25)30)27(21-11-5-3-6-12-21)22-13-7-4-8-14-22/h1,3-20,27H.